The molecule has 2 N–H and O–H groups in total. The van der Waals surface area contributed by atoms with Crippen molar-refractivity contribution in [2.45, 2.75) is 26.2 Å². The average Bonchev–Trinajstić information content (AvgIpc) is 3.23. The van der Waals surface area contributed by atoms with Gasteiger partial charge in [0, 0.05) is 17.9 Å². The molecule has 29 heavy (non-hydrogen) atoms. The number of rotatable bonds is 2. The Balaban J connectivity index is 1.68. The first-order valence-electron chi connectivity index (χ1n) is 8.99. The fourth-order valence-corrected chi connectivity index (χ4v) is 3.93. The molecular weight excluding hydrogens is 394 g/mol. The Morgan fingerprint density at radius 2 is 2.00 bits per heavy atom. The zero-order valence-electron chi connectivity index (χ0n) is 15.6. The number of hydrogen-bond acceptors (Lipinski definition) is 6. The van der Waals surface area contributed by atoms with E-state index in [1.165, 1.54) is 6.07 Å². The molecule has 0 aliphatic carbocycles. The number of halogens is 1. The van der Waals surface area contributed by atoms with Crippen molar-refractivity contribution in [3.05, 3.63) is 58.0 Å². The van der Waals surface area contributed by atoms with Crippen LogP contribution in [0, 0.1) is 13.8 Å². The number of anilines is 1. The molecule has 0 saturated carbocycles. The fourth-order valence-electron chi connectivity index (χ4n) is 3.74. The van der Waals surface area contributed by atoms with Crippen molar-refractivity contribution in [3.8, 4) is 11.6 Å². The highest BCUT2D eigenvalue weighted by molar-refractivity contribution is 6.32. The summed E-state index contributed by atoms with van der Waals surface area (Å²) in [6, 6.07) is 8.58. The van der Waals surface area contributed by atoms with Crippen LogP contribution < -0.4 is 5.32 Å². The molecule has 0 bridgehead atoms. The van der Waals surface area contributed by atoms with Crippen molar-refractivity contribution in [1.29, 1.82) is 0 Å². The van der Waals surface area contributed by atoms with E-state index in [1.807, 2.05) is 13.8 Å². The monoisotopic (exact) mass is 409 g/mol. The third kappa shape index (κ3) is 2.73. The summed E-state index contributed by atoms with van der Waals surface area (Å²) in [7, 11) is 0. The Bertz CT molecular complexity index is 1290. The Hall–Kier alpha value is -3.46. The molecule has 0 spiro atoms. The molecule has 9 nitrogen and oxygen atoms in total. The van der Waals surface area contributed by atoms with Crippen LogP contribution in [-0.4, -0.2) is 40.6 Å². The van der Waals surface area contributed by atoms with Gasteiger partial charge in [0.15, 0.2) is 17.3 Å². The number of nitrogens with zero attached hydrogens (tertiary/aromatic N) is 6. The molecule has 5 rings (SSSR count). The van der Waals surface area contributed by atoms with Crippen LogP contribution in [0.25, 0.3) is 11.5 Å². The van der Waals surface area contributed by atoms with Gasteiger partial charge in [-0.2, -0.15) is 14.3 Å². The molecule has 1 amide bonds. The highest BCUT2D eigenvalue weighted by atomic mass is 35.5. The second kappa shape index (κ2) is 6.28. The third-order valence-corrected chi connectivity index (χ3v) is 5.40. The van der Waals surface area contributed by atoms with E-state index in [0.717, 1.165) is 16.8 Å². The first-order valence-corrected chi connectivity index (χ1v) is 9.37. The van der Waals surface area contributed by atoms with E-state index >= 15 is 0 Å². The van der Waals surface area contributed by atoms with Crippen molar-refractivity contribution in [2.75, 3.05) is 5.32 Å². The van der Waals surface area contributed by atoms with Crippen molar-refractivity contribution in [1.82, 2.24) is 29.6 Å². The van der Waals surface area contributed by atoms with Crippen LogP contribution in [0.1, 0.15) is 35.0 Å². The Morgan fingerprint density at radius 3 is 2.79 bits per heavy atom. The number of benzene rings is 1. The number of carbonyl (C=O) groups excluding carboxylic acids is 1. The number of fused-ring (bicyclic) bond motifs is 2. The third-order valence-electron chi connectivity index (χ3n) is 5.10. The van der Waals surface area contributed by atoms with Crippen LogP contribution in [0.2, 0.25) is 5.02 Å². The van der Waals surface area contributed by atoms with Crippen molar-refractivity contribution in [2.24, 2.45) is 0 Å². The summed E-state index contributed by atoms with van der Waals surface area (Å²) >= 11 is 6.10. The summed E-state index contributed by atoms with van der Waals surface area (Å²) < 4.78 is 3.25. The molecule has 0 unspecified atom stereocenters. The van der Waals surface area contributed by atoms with E-state index < -0.39 is 0 Å². The number of phenols is 1. The molecule has 0 radical (unpaired) electrons. The van der Waals surface area contributed by atoms with E-state index in [2.05, 4.69) is 25.7 Å². The zero-order chi connectivity index (χ0) is 20.3. The summed E-state index contributed by atoms with van der Waals surface area (Å²) in [6.07, 6.45) is 0.262. The van der Waals surface area contributed by atoms with E-state index in [1.54, 1.807) is 33.5 Å². The summed E-state index contributed by atoms with van der Waals surface area (Å²) in [5, 5.41) is 30.2. The van der Waals surface area contributed by atoms with Gasteiger partial charge in [-0.3, -0.25) is 4.79 Å². The van der Waals surface area contributed by atoms with Gasteiger partial charge < -0.3 is 10.4 Å². The number of aryl methyl sites for hydroxylation is 2. The minimum atomic E-state index is -0.231. The molecule has 1 aliphatic heterocycles. The maximum atomic E-state index is 12.5. The largest absolute Gasteiger partial charge is 0.506 e. The van der Waals surface area contributed by atoms with Gasteiger partial charge in [0.1, 0.15) is 11.6 Å². The molecule has 4 aromatic rings. The van der Waals surface area contributed by atoms with Crippen molar-refractivity contribution < 1.29 is 9.90 Å². The number of hydrogen-bond donors (Lipinski definition) is 2. The molecule has 0 fully saturated rings. The lowest BCUT2D eigenvalue weighted by Crippen LogP contribution is -2.25. The van der Waals surface area contributed by atoms with Crippen LogP contribution in [0.5, 0.6) is 5.75 Å². The number of aromatic hydroxyl groups is 1. The SMILES string of the molecule is Cc1nn(-c2ccc3nnc(C)n3n2)c2c1[C@@H](c1ccc(O)c(Cl)c1)CC(=O)N2. The van der Waals surface area contributed by atoms with Crippen molar-refractivity contribution in [3.63, 3.8) is 0 Å². The van der Waals surface area contributed by atoms with Crippen LogP contribution in [0.3, 0.4) is 0 Å². The smallest absolute Gasteiger partial charge is 0.226 e. The molecule has 146 valence electrons. The molecular formula is C19H16ClN7O2. The predicted octanol–water partition coefficient (Wildman–Crippen LogP) is 2.76. The molecule has 1 aromatic carbocycles. The van der Waals surface area contributed by atoms with E-state index in [9.17, 15) is 9.90 Å². The lowest BCUT2D eigenvalue weighted by molar-refractivity contribution is -0.116. The maximum Gasteiger partial charge on any atom is 0.226 e. The molecule has 0 saturated heterocycles. The first-order chi connectivity index (χ1) is 13.9. The Labute approximate surface area is 169 Å². The molecule has 1 atom stereocenters. The summed E-state index contributed by atoms with van der Waals surface area (Å²) in [5.41, 5.74) is 3.14. The Morgan fingerprint density at radius 1 is 1.17 bits per heavy atom. The summed E-state index contributed by atoms with van der Waals surface area (Å²) in [4.78, 5) is 12.5. The molecule has 4 heterocycles. The Kier molecular flexibility index (Phi) is 3.82. The van der Waals surface area contributed by atoms with Gasteiger partial charge in [-0.05, 0) is 43.7 Å². The number of nitrogens with one attached hydrogen (secondary N) is 1. The first kappa shape index (κ1) is 17.6. The highest BCUT2D eigenvalue weighted by Gasteiger charge is 2.33. The summed E-state index contributed by atoms with van der Waals surface area (Å²) in [5.74, 6) is 1.41. The number of phenolic OH excluding ortho intramolecular Hbond substituents is 1. The van der Waals surface area contributed by atoms with Gasteiger partial charge in [-0.1, -0.05) is 17.7 Å². The van der Waals surface area contributed by atoms with Crippen LogP contribution in [0.4, 0.5) is 5.82 Å². The number of amides is 1. The van der Waals surface area contributed by atoms with E-state index in [4.69, 9.17) is 11.6 Å². The lowest BCUT2D eigenvalue weighted by Gasteiger charge is -2.24. The standard InChI is InChI=1S/C19H16ClN7O2/c1-9-18-12(11-3-4-14(28)13(20)7-11)8-17(29)21-19(18)27(24-9)16-6-5-15-23-22-10(2)26(15)25-16/h3-7,12,28H,8H2,1-2H3,(H,21,29)/t12-/m1/s1. The minimum absolute atomic E-state index is 0.00475. The molecule has 10 heteroatoms. The van der Waals surface area contributed by atoms with Gasteiger partial charge in [0.05, 0.1) is 10.7 Å². The van der Waals surface area contributed by atoms with Gasteiger partial charge in [-0.25, -0.2) is 0 Å². The van der Waals surface area contributed by atoms with Gasteiger partial charge in [0.25, 0.3) is 0 Å². The van der Waals surface area contributed by atoms with Crippen LogP contribution in [0.15, 0.2) is 30.3 Å². The van der Waals surface area contributed by atoms with Gasteiger partial charge >= 0.3 is 0 Å². The summed E-state index contributed by atoms with van der Waals surface area (Å²) in [6.45, 7) is 3.71. The van der Waals surface area contributed by atoms with E-state index in [-0.39, 0.29) is 29.0 Å². The quantitative estimate of drug-likeness (QED) is 0.526. The van der Waals surface area contributed by atoms with Crippen LogP contribution in [-0.2, 0) is 4.79 Å². The topological polar surface area (TPSA) is 110 Å². The van der Waals surface area contributed by atoms with Crippen molar-refractivity contribution >= 4 is 29.0 Å². The second-order valence-corrected chi connectivity index (χ2v) is 7.39. The second-order valence-electron chi connectivity index (χ2n) is 6.98. The predicted molar refractivity (Wildman–Crippen MR) is 106 cm³/mol. The normalized spacial score (nSPS) is 16.1. The number of aromatic nitrogens is 6. The average molecular weight is 410 g/mol. The minimum Gasteiger partial charge on any atom is -0.506 e. The molecule has 3 aromatic heterocycles. The maximum absolute atomic E-state index is 12.5. The van der Waals surface area contributed by atoms with Crippen LogP contribution >= 0.6 is 11.6 Å². The molecule has 1 aliphatic rings. The lowest BCUT2D eigenvalue weighted by atomic mass is 9.86. The fraction of sp³-hybridized carbons (Fsp3) is 0.211. The number of carbonyl (C=O) groups is 1. The zero-order valence-corrected chi connectivity index (χ0v) is 16.3. The van der Waals surface area contributed by atoms with E-state index in [0.29, 0.717) is 23.1 Å². The van der Waals surface area contributed by atoms with Gasteiger partial charge in [-0.15, -0.1) is 15.3 Å². The van der Waals surface area contributed by atoms with Gasteiger partial charge in [0.2, 0.25) is 5.91 Å². The highest BCUT2D eigenvalue weighted by Crippen LogP contribution is 2.41.